The molecule has 304 valence electrons. The number of imide groups is 1. The van der Waals surface area contributed by atoms with Crippen LogP contribution >= 0.6 is 0 Å². The van der Waals surface area contributed by atoms with Gasteiger partial charge in [-0.2, -0.15) is 0 Å². The second-order valence-electron chi connectivity index (χ2n) is 15.9. The predicted octanol–water partition coefficient (Wildman–Crippen LogP) is 5.80. The van der Waals surface area contributed by atoms with Crippen molar-refractivity contribution >= 4 is 29.7 Å². The number of hydrogen-bond acceptors (Lipinski definition) is 8. The summed E-state index contributed by atoms with van der Waals surface area (Å²) in [5.74, 6) is -2.78. The average Bonchev–Trinajstić information content (AvgIpc) is 3.70. The van der Waals surface area contributed by atoms with E-state index >= 15 is 4.39 Å². The van der Waals surface area contributed by atoms with Crippen LogP contribution in [0.2, 0.25) is 0 Å². The first-order valence-corrected chi connectivity index (χ1v) is 18.9. The topological polar surface area (TPSA) is 152 Å². The number of nitrogens with one attached hydrogen (secondary N) is 2. The smallest absolute Gasteiger partial charge is 0.410 e. The van der Waals surface area contributed by atoms with Crippen LogP contribution in [0, 0.1) is 17.0 Å². The number of nitrogens with zero attached hydrogens (tertiary/aromatic N) is 4. The van der Waals surface area contributed by atoms with Gasteiger partial charge in [0.15, 0.2) is 0 Å². The third-order valence-corrected chi connectivity index (χ3v) is 9.62. The maximum atomic E-state index is 15.2. The fraction of sp³-hybridized carbons (Fsp3) is 0.349. The molecule has 3 heterocycles. The fourth-order valence-corrected chi connectivity index (χ4v) is 6.67. The molecule has 58 heavy (non-hydrogen) atoms. The molecule has 0 spiro atoms. The van der Waals surface area contributed by atoms with E-state index in [1.54, 1.807) is 69.6 Å². The molecule has 0 saturated carbocycles. The third kappa shape index (κ3) is 9.94. The standard InChI is InChI=1S/C43H46F2N6O7/c1-42(2,3)58-41(56)50-24-29(25-50)57-34-14-10-9-13-30(34)40(55)48-38(43(4,5)22-35(52)46-19-20-51-36(53)17-18-37(51)54)39-47-33(31-21-28(44)15-16-32(31)45)26-49(39)23-27-11-7-6-8-12-27/h6-18,21,26,29,38H,19-20,22-25H2,1-5H3,(H,46,52)(H,48,55)/t38-/m0/s1. The maximum Gasteiger partial charge on any atom is 0.410 e. The second-order valence-corrected chi connectivity index (χ2v) is 15.9. The number of para-hydroxylation sites is 1. The molecule has 2 aliphatic heterocycles. The summed E-state index contributed by atoms with van der Waals surface area (Å²) >= 11 is 0. The Morgan fingerprint density at radius 3 is 2.28 bits per heavy atom. The van der Waals surface area contributed by atoms with Crippen LogP contribution in [0.4, 0.5) is 13.6 Å². The Balaban J connectivity index is 1.30. The summed E-state index contributed by atoms with van der Waals surface area (Å²) in [6.45, 7) is 9.57. The van der Waals surface area contributed by atoms with Gasteiger partial charge in [0.1, 0.15) is 34.9 Å². The number of likely N-dealkylation sites (tertiary alicyclic amines) is 1. The normalized spacial score (nSPS) is 14.9. The SMILES string of the molecule is CC(C)(C)OC(=O)N1CC(Oc2ccccc2C(=O)N[C@@H](c2nc(-c3cc(F)ccc3F)cn2Cc2ccccc2)C(C)(C)CC(=O)NCCN2C(=O)C=CC2=O)C1. The minimum absolute atomic E-state index is 0.00599. The van der Waals surface area contributed by atoms with Crippen molar-refractivity contribution in [2.75, 3.05) is 26.2 Å². The van der Waals surface area contributed by atoms with Gasteiger partial charge in [0.05, 0.1) is 30.4 Å². The molecule has 1 saturated heterocycles. The summed E-state index contributed by atoms with van der Waals surface area (Å²) in [5, 5.41) is 5.85. The van der Waals surface area contributed by atoms with E-state index in [2.05, 4.69) is 10.6 Å². The lowest BCUT2D eigenvalue weighted by molar-refractivity contribution is -0.137. The van der Waals surface area contributed by atoms with E-state index < -0.39 is 64.5 Å². The van der Waals surface area contributed by atoms with Crippen molar-refractivity contribution in [1.29, 1.82) is 0 Å². The Hall–Kier alpha value is -6.38. The van der Waals surface area contributed by atoms with E-state index in [9.17, 15) is 28.4 Å². The molecule has 5 amide bonds. The Morgan fingerprint density at radius 2 is 1.59 bits per heavy atom. The monoisotopic (exact) mass is 796 g/mol. The summed E-state index contributed by atoms with van der Waals surface area (Å²) < 4.78 is 43.1. The lowest BCUT2D eigenvalue weighted by Crippen LogP contribution is -2.57. The first-order valence-electron chi connectivity index (χ1n) is 18.9. The van der Waals surface area contributed by atoms with Gasteiger partial charge >= 0.3 is 6.09 Å². The van der Waals surface area contributed by atoms with Gasteiger partial charge in [-0.25, -0.2) is 18.6 Å². The summed E-state index contributed by atoms with van der Waals surface area (Å²) in [6.07, 6.45) is 2.86. The van der Waals surface area contributed by atoms with E-state index in [1.165, 1.54) is 4.90 Å². The van der Waals surface area contributed by atoms with Crippen molar-refractivity contribution in [1.82, 2.24) is 30.0 Å². The number of halogens is 2. The lowest BCUT2D eigenvalue weighted by Gasteiger charge is -2.39. The molecule has 0 bridgehead atoms. The van der Waals surface area contributed by atoms with E-state index in [0.717, 1.165) is 40.8 Å². The molecular formula is C43H46F2N6O7. The van der Waals surface area contributed by atoms with E-state index in [4.69, 9.17) is 14.5 Å². The Kier molecular flexibility index (Phi) is 12.1. The summed E-state index contributed by atoms with van der Waals surface area (Å²) in [7, 11) is 0. The molecular weight excluding hydrogens is 751 g/mol. The molecule has 3 aromatic carbocycles. The highest BCUT2D eigenvalue weighted by atomic mass is 19.1. The van der Waals surface area contributed by atoms with Crippen LogP contribution in [0.1, 0.15) is 68.8 Å². The number of carbonyl (C=O) groups is 5. The largest absolute Gasteiger partial charge is 0.486 e. The van der Waals surface area contributed by atoms with Crippen LogP contribution in [0.25, 0.3) is 11.3 Å². The number of ether oxygens (including phenoxy) is 2. The van der Waals surface area contributed by atoms with Gasteiger partial charge in [0.2, 0.25) is 5.91 Å². The van der Waals surface area contributed by atoms with E-state index in [1.807, 2.05) is 30.3 Å². The fourth-order valence-electron chi connectivity index (χ4n) is 6.67. The Morgan fingerprint density at radius 1 is 0.914 bits per heavy atom. The van der Waals surface area contributed by atoms with Crippen LogP contribution in [0.5, 0.6) is 5.75 Å². The van der Waals surface area contributed by atoms with Crippen molar-refractivity contribution < 1.29 is 42.2 Å². The minimum atomic E-state index is -1.10. The van der Waals surface area contributed by atoms with Crippen molar-refractivity contribution in [2.24, 2.45) is 5.41 Å². The number of benzene rings is 3. The van der Waals surface area contributed by atoms with Crippen molar-refractivity contribution in [2.45, 2.75) is 65.3 Å². The maximum absolute atomic E-state index is 15.2. The van der Waals surface area contributed by atoms with Crippen LogP contribution in [-0.4, -0.2) is 87.0 Å². The molecule has 13 nitrogen and oxygen atoms in total. The minimum Gasteiger partial charge on any atom is -0.486 e. The first kappa shape index (κ1) is 41.3. The average molecular weight is 797 g/mol. The Bertz CT molecular complexity index is 2210. The molecule has 2 aliphatic rings. The second kappa shape index (κ2) is 17.0. The quantitative estimate of drug-likeness (QED) is 0.152. The molecule has 0 aliphatic carbocycles. The van der Waals surface area contributed by atoms with Gasteiger partial charge in [0.25, 0.3) is 17.7 Å². The number of hydrogen-bond donors (Lipinski definition) is 2. The zero-order valence-corrected chi connectivity index (χ0v) is 33.0. The van der Waals surface area contributed by atoms with Gasteiger partial charge in [-0.3, -0.25) is 24.1 Å². The highest BCUT2D eigenvalue weighted by Gasteiger charge is 2.40. The van der Waals surface area contributed by atoms with Gasteiger partial charge < -0.3 is 29.6 Å². The lowest BCUT2D eigenvalue weighted by atomic mass is 9.80. The zero-order valence-electron chi connectivity index (χ0n) is 33.0. The first-order chi connectivity index (χ1) is 27.5. The number of rotatable bonds is 14. The number of aromatic nitrogens is 2. The van der Waals surface area contributed by atoms with E-state index in [-0.39, 0.29) is 67.5 Å². The predicted molar refractivity (Wildman–Crippen MR) is 209 cm³/mol. The molecule has 1 aromatic heterocycles. The Labute approximate surface area is 335 Å². The molecule has 6 rings (SSSR count). The van der Waals surface area contributed by atoms with Crippen LogP contribution in [0.3, 0.4) is 0 Å². The highest BCUT2D eigenvalue weighted by Crippen LogP contribution is 2.39. The zero-order chi connectivity index (χ0) is 41.8. The third-order valence-electron chi connectivity index (χ3n) is 9.62. The van der Waals surface area contributed by atoms with Crippen molar-refractivity contribution in [3.63, 3.8) is 0 Å². The van der Waals surface area contributed by atoms with Gasteiger partial charge in [-0.15, -0.1) is 0 Å². The highest BCUT2D eigenvalue weighted by molar-refractivity contribution is 6.12. The van der Waals surface area contributed by atoms with Crippen LogP contribution in [0.15, 0.2) is 91.1 Å². The summed E-state index contributed by atoms with van der Waals surface area (Å²) in [5.41, 5.74) is -0.709. The molecule has 1 fully saturated rings. The molecule has 0 radical (unpaired) electrons. The number of imidazole rings is 1. The molecule has 2 N–H and O–H groups in total. The summed E-state index contributed by atoms with van der Waals surface area (Å²) in [4.78, 5) is 71.9. The molecule has 15 heteroatoms. The molecule has 4 aromatic rings. The number of amides is 5. The van der Waals surface area contributed by atoms with Crippen LogP contribution in [-0.2, 0) is 25.7 Å². The molecule has 0 unspecified atom stereocenters. The molecule has 1 atom stereocenters. The van der Waals surface area contributed by atoms with E-state index in [0.29, 0.717) is 0 Å². The number of carbonyl (C=O) groups excluding carboxylic acids is 5. The van der Waals surface area contributed by atoms with Gasteiger partial charge in [0, 0.05) is 55.4 Å². The van der Waals surface area contributed by atoms with Crippen molar-refractivity contribution in [3.05, 3.63) is 120 Å². The van der Waals surface area contributed by atoms with Crippen LogP contribution < -0.4 is 15.4 Å². The summed E-state index contributed by atoms with van der Waals surface area (Å²) in [6, 6.07) is 18.0. The van der Waals surface area contributed by atoms with Gasteiger partial charge in [-0.1, -0.05) is 56.3 Å². The van der Waals surface area contributed by atoms with Crippen molar-refractivity contribution in [3.8, 4) is 17.0 Å². The van der Waals surface area contributed by atoms with Gasteiger partial charge in [-0.05, 0) is 56.7 Å².